The van der Waals surface area contributed by atoms with Crippen molar-refractivity contribution in [1.82, 2.24) is 4.98 Å². The number of epoxide rings is 1. The summed E-state index contributed by atoms with van der Waals surface area (Å²) in [5.74, 6) is -1.35. The van der Waals surface area contributed by atoms with Crippen LogP contribution in [0.25, 0.3) is 6.08 Å². The number of aryl methyl sites for hydroxylation is 1. The Morgan fingerprint density at radius 2 is 1.89 bits per heavy atom. The van der Waals surface area contributed by atoms with E-state index < -0.39 is 41.2 Å². The lowest BCUT2D eigenvalue weighted by atomic mass is 9.73. The Hall–Kier alpha value is -2.29. The summed E-state index contributed by atoms with van der Waals surface area (Å²) in [6, 6.07) is 0. The third-order valence-corrected chi connectivity index (χ3v) is 7.51. The number of aliphatic hydroxyl groups excluding tert-OH is 2. The van der Waals surface area contributed by atoms with Crippen LogP contribution in [0.3, 0.4) is 0 Å². The van der Waals surface area contributed by atoms with Crippen molar-refractivity contribution < 1.29 is 33.7 Å². The predicted molar refractivity (Wildman–Crippen MR) is 130 cm³/mol. The number of hydrogen-bond donors (Lipinski definition) is 2. The van der Waals surface area contributed by atoms with Crippen LogP contribution >= 0.6 is 0 Å². The summed E-state index contributed by atoms with van der Waals surface area (Å²) >= 11 is 0. The molecule has 0 bridgehead atoms. The first-order chi connectivity index (χ1) is 16.2. The van der Waals surface area contributed by atoms with Gasteiger partial charge < -0.3 is 24.1 Å². The van der Waals surface area contributed by atoms with E-state index in [9.17, 15) is 19.8 Å². The van der Waals surface area contributed by atoms with Crippen LogP contribution in [0, 0.1) is 24.2 Å². The molecule has 7 unspecified atom stereocenters. The summed E-state index contributed by atoms with van der Waals surface area (Å²) in [4.78, 5) is 30.4. The predicted octanol–water partition coefficient (Wildman–Crippen LogP) is 3.79. The minimum atomic E-state index is -1.26. The van der Waals surface area contributed by atoms with E-state index in [0.29, 0.717) is 24.4 Å². The third kappa shape index (κ3) is 6.29. The molecule has 2 N–H and O–H groups in total. The first-order valence-electron chi connectivity index (χ1n) is 12.3. The van der Waals surface area contributed by atoms with Crippen LogP contribution in [-0.2, 0) is 19.1 Å². The lowest BCUT2D eigenvalue weighted by Gasteiger charge is -2.34. The van der Waals surface area contributed by atoms with Crippen molar-refractivity contribution in [2.75, 3.05) is 0 Å². The van der Waals surface area contributed by atoms with Crippen molar-refractivity contribution >= 4 is 17.8 Å². The molecule has 0 aliphatic carbocycles. The van der Waals surface area contributed by atoms with E-state index in [4.69, 9.17) is 13.9 Å². The molecule has 0 spiro atoms. The lowest BCUT2D eigenvalue weighted by Crippen LogP contribution is -2.45. The highest BCUT2D eigenvalue weighted by molar-refractivity contribution is 5.88. The minimum Gasteiger partial charge on any atom is -0.458 e. The van der Waals surface area contributed by atoms with E-state index in [2.05, 4.69) is 4.98 Å². The summed E-state index contributed by atoms with van der Waals surface area (Å²) in [7, 11) is 0. The van der Waals surface area contributed by atoms with Crippen LogP contribution in [0.15, 0.2) is 28.4 Å². The van der Waals surface area contributed by atoms with Crippen molar-refractivity contribution in [2.24, 2.45) is 17.3 Å². The number of hydrogen-bond acceptors (Lipinski definition) is 8. The number of aromatic nitrogens is 1. The fourth-order valence-corrected chi connectivity index (χ4v) is 4.67. The van der Waals surface area contributed by atoms with Gasteiger partial charge >= 0.3 is 5.97 Å². The molecule has 0 radical (unpaired) electrons. The van der Waals surface area contributed by atoms with Gasteiger partial charge in [0.15, 0.2) is 5.89 Å². The van der Waals surface area contributed by atoms with Crippen molar-refractivity contribution in [3.8, 4) is 0 Å². The number of ketones is 1. The second-order valence-corrected chi connectivity index (χ2v) is 10.9. The molecule has 3 heterocycles. The summed E-state index contributed by atoms with van der Waals surface area (Å²) in [6.07, 6.45) is 5.07. The van der Waals surface area contributed by atoms with Crippen LogP contribution in [0.5, 0.6) is 0 Å². The average molecular weight is 490 g/mol. The van der Waals surface area contributed by atoms with Crippen LogP contribution < -0.4 is 0 Å². The summed E-state index contributed by atoms with van der Waals surface area (Å²) in [6.45, 7) is 12.3. The van der Waals surface area contributed by atoms with E-state index in [1.54, 1.807) is 33.8 Å². The molecule has 1 aromatic heterocycles. The molecule has 7 atom stereocenters. The van der Waals surface area contributed by atoms with Gasteiger partial charge in [0.25, 0.3) is 0 Å². The monoisotopic (exact) mass is 489 g/mol. The molecule has 1 saturated heterocycles. The molecule has 35 heavy (non-hydrogen) atoms. The Morgan fingerprint density at radius 3 is 2.51 bits per heavy atom. The SMILES string of the molecule is C/C(=C\c1coc(C)n1)C1CC2OC2(C)C/C=C\C(C)C(O)C(C)C(=O)C(C)(C)C(O)CC(=O)O1. The van der Waals surface area contributed by atoms with Gasteiger partial charge in [0.1, 0.15) is 23.8 Å². The maximum absolute atomic E-state index is 13.2. The molecule has 8 heteroatoms. The second kappa shape index (κ2) is 10.4. The van der Waals surface area contributed by atoms with Crippen LogP contribution in [0.4, 0.5) is 0 Å². The number of esters is 1. The number of oxazole rings is 1. The first-order valence-corrected chi connectivity index (χ1v) is 12.3. The Balaban J connectivity index is 1.89. The number of rotatable bonds is 2. The zero-order chi connectivity index (χ0) is 26.1. The number of nitrogens with zero attached hydrogens (tertiary/aromatic N) is 1. The van der Waals surface area contributed by atoms with Gasteiger partial charge in [0, 0.05) is 25.2 Å². The number of ether oxygens (including phenoxy) is 2. The fraction of sp³-hybridized carbons (Fsp3) is 0.667. The largest absolute Gasteiger partial charge is 0.458 e. The molecule has 0 saturated carbocycles. The van der Waals surface area contributed by atoms with E-state index in [-0.39, 0.29) is 24.2 Å². The lowest BCUT2D eigenvalue weighted by molar-refractivity contribution is -0.154. The molecule has 2 aliphatic heterocycles. The number of aliphatic hydroxyl groups is 2. The molecule has 8 nitrogen and oxygen atoms in total. The average Bonchev–Trinajstić information content (AvgIpc) is 3.22. The summed E-state index contributed by atoms with van der Waals surface area (Å²) in [5, 5.41) is 21.6. The van der Waals surface area contributed by atoms with Gasteiger partial charge in [0.2, 0.25) is 0 Å². The third-order valence-electron chi connectivity index (χ3n) is 7.51. The fourth-order valence-electron chi connectivity index (χ4n) is 4.67. The molecular formula is C27H39NO7. The van der Waals surface area contributed by atoms with Gasteiger partial charge in [-0.05, 0) is 31.9 Å². The molecule has 3 rings (SSSR count). The zero-order valence-corrected chi connectivity index (χ0v) is 21.8. The molecule has 1 aromatic rings. The smallest absolute Gasteiger partial charge is 0.309 e. The van der Waals surface area contributed by atoms with Gasteiger partial charge in [-0.2, -0.15) is 0 Å². The number of carbonyl (C=O) groups is 2. The topological polar surface area (TPSA) is 122 Å². The molecule has 194 valence electrons. The van der Waals surface area contributed by atoms with Crippen molar-refractivity contribution in [3.63, 3.8) is 0 Å². The Bertz CT molecular complexity index is 993. The van der Waals surface area contributed by atoms with Crippen LogP contribution in [-0.4, -0.2) is 57.0 Å². The van der Waals surface area contributed by atoms with Crippen LogP contribution in [0.2, 0.25) is 0 Å². The van der Waals surface area contributed by atoms with Crippen molar-refractivity contribution in [3.05, 3.63) is 35.6 Å². The maximum Gasteiger partial charge on any atom is 0.309 e. The van der Waals surface area contributed by atoms with E-state index in [1.165, 1.54) is 6.26 Å². The number of fused-ring (bicyclic) bond motifs is 1. The van der Waals surface area contributed by atoms with Crippen molar-refractivity contribution in [2.45, 2.75) is 97.7 Å². The van der Waals surface area contributed by atoms with Gasteiger partial charge in [-0.1, -0.05) is 39.8 Å². The number of cyclic esters (lactones) is 1. The van der Waals surface area contributed by atoms with Gasteiger partial charge in [-0.3, -0.25) is 9.59 Å². The standard InChI is InChI=1S/C27H39NO7/c1-15-9-8-10-27(7)22(35-27)12-20(16(2)11-19-14-33-18(4)28-19)34-23(30)13-21(29)26(5,6)25(32)17(3)24(15)31/h8-9,11,14-15,17,20-22,24,29,31H,10,12-13H2,1-7H3/b9-8-,16-11+. The van der Waals surface area contributed by atoms with E-state index in [1.807, 2.05) is 32.9 Å². The highest BCUT2D eigenvalue weighted by Gasteiger charge is 2.52. The Labute approximate surface area is 207 Å². The second-order valence-electron chi connectivity index (χ2n) is 10.9. The van der Waals surface area contributed by atoms with E-state index >= 15 is 0 Å². The first kappa shape index (κ1) is 27.3. The zero-order valence-electron chi connectivity index (χ0n) is 21.8. The molecular weight excluding hydrogens is 450 g/mol. The molecule has 2 aliphatic rings. The summed E-state index contributed by atoms with van der Waals surface area (Å²) in [5.41, 5.74) is -0.247. The normalized spacial score (nSPS) is 37.9. The van der Waals surface area contributed by atoms with Crippen molar-refractivity contribution in [1.29, 1.82) is 0 Å². The van der Waals surface area contributed by atoms with Gasteiger partial charge in [-0.15, -0.1) is 0 Å². The highest BCUT2D eigenvalue weighted by atomic mass is 16.6. The molecule has 0 amide bonds. The maximum atomic E-state index is 13.2. The quantitative estimate of drug-likeness (QED) is 0.366. The number of carbonyl (C=O) groups excluding carboxylic acids is 2. The van der Waals surface area contributed by atoms with Gasteiger partial charge in [-0.25, -0.2) is 4.98 Å². The van der Waals surface area contributed by atoms with Gasteiger partial charge in [0.05, 0.1) is 35.7 Å². The molecule has 1 fully saturated rings. The summed E-state index contributed by atoms with van der Waals surface area (Å²) < 4.78 is 17.1. The number of Topliss-reactive ketones (excluding diaryl/α,β-unsaturated/α-hetero) is 1. The Kier molecular flexibility index (Phi) is 8.09. The van der Waals surface area contributed by atoms with Crippen LogP contribution in [0.1, 0.15) is 72.4 Å². The Morgan fingerprint density at radius 1 is 1.20 bits per heavy atom. The molecule has 0 aromatic carbocycles. The van der Waals surface area contributed by atoms with E-state index in [0.717, 1.165) is 5.57 Å². The highest BCUT2D eigenvalue weighted by Crippen LogP contribution is 2.44. The minimum absolute atomic E-state index is 0.123.